The minimum Gasteiger partial charge on any atom is -0.395 e. The molecule has 1 atom stereocenters. The van der Waals surface area contributed by atoms with Crippen molar-refractivity contribution in [3.05, 3.63) is 71.1 Å². The molecule has 0 saturated carbocycles. The molecule has 4 rings (SSSR count). The van der Waals surface area contributed by atoms with Crippen LogP contribution in [0.3, 0.4) is 0 Å². The lowest BCUT2D eigenvalue weighted by molar-refractivity contribution is 0.128. The summed E-state index contributed by atoms with van der Waals surface area (Å²) in [4.78, 5) is 18.4. The van der Waals surface area contributed by atoms with Gasteiger partial charge in [-0.05, 0) is 48.6 Å². The number of oxime groups is 1. The third kappa shape index (κ3) is 6.17. The molecule has 0 bridgehead atoms. The Morgan fingerprint density at radius 1 is 1.20 bits per heavy atom. The number of benzene rings is 1. The van der Waals surface area contributed by atoms with Crippen LogP contribution in [-0.2, 0) is 25.6 Å². The Bertz CT molecular complexity index is 1350. The lowest BCUT2D eigenvalue weighted by Gasteiger charge is -2.28. The molecule has 0 unspecified atom stereocenters. The topological polar surface area (TPSA) is 130 Å². The van der Waals surface area contributed by atoms with E-state index in [9.17, 15) is 12.8 Å². The number of nitrogen functional groups attached to an aromatic ring is 1. The predicted molar refractivity (Wildman–Crippen MR) is 130 cm³/mol. The molecular formula is C24H26FN5O4S. The van der Waals surface area contributed by atoms with E-state index < -0.39 is 10.1 Å². The number of nitrogens with two attached hydrogens (primary N) is 1. The molecule has 184 valence electrons. The lowest BCUT2D eigenvalue weighted by Crippen LogP contribution is -2.24. The van der Waals surface area contributed by atoms with Crippen molar-refractivity contribution in [2.75, 3.05) is 25.2 Å². The second-order valence-electron chi connectivity index (χ2n) is 8.32. The van der Waals surface area contributed by atoms with Gasteiger partial charge in [-0.15, -0.1) is 0 Å². The molecule has 0 saturated heterocycles. The average molecular weight is 500 g/mol. The van der Waals surface area contributed by atoms with Crippen LogP contribution in [-0.4, -0.2) is 48.6 Å². The molecule has 11 heteroatoms. The van der Waals surface area contributed by atoms with Crippen LogP contribution in [0.25, 0.3) is 11.1 Å². The largest absolute Gasteiger partial charge is 0.395 e. The first-order chi connectivity index (χ1) is 16.7. The maximum atomic E-state index is 14.2. The molecule has 1 aliphatic carbocycles. The first-order valence-corrected chi connectivity index (χ1v) is 12.9. The predicted octanol–water partition coefficient (Wildman–Crippen LogP) is 3.39. The van der Waals surface area contributed by atoms with Gasteiger partial charge in [0.2, 0.25) is 5.95 Å². The maximum Gasteiger partial charge on any atom is 0.264 e. The first kappa shape index (κ1) is 24.7. The summed E-state index contributed by atoms with van der Waals surface area (Å²) < 4.78 is 41.1. The van der Waals surface area contributed by atoms with Crippen LogP contribution in [0.5, 0.6) is 0 Å². The number of anilines is 1. The number of hydrogen-bond donors (Lipinski definition) is 1. The molecule has 0 fully saturated rings. The van der Waals surface area contributed by atoms with E-state index in [1.807, 2.05) is 19.1 Å². The third-order valence-electron chi connectivity index (χ3n) is 5.63. The van der Waals surface area contributed by atoms with Gasteiger partial charge in [0, 0.05) is 36.4 Å². The van der Waals surface area contributed by atoms with Crippen molar-refractivity contribution in [2.45, 2.75) is 32.1 Å². The molecule has 0 spiro atoms. The van der Waals surface area contributed by atoms with Crippen LogP contribution in [0.4, 0.5) is 10.3 Å². The molecule has 3 aromatic rings. The third-order valence-corrected chi connectivity index (χ3v) is 6.22. The second-order valence-corrected chi connectivity index (χ2v) is 9.96. The van der Waals surface area contributed by atoms with Gasteiger partial charge in [-0.3, -0.25) is 9.17 Å². The van der Waals surface area contributed by atoms with Gasteiger partial charge in [-0.25, -0.2) is 14.4 Å². The molecule has 9 nitrogen and oxygen atoms in total. The van der Waals surface area contributed by atoms with E-state index in [-0.39, 0.29) is 30.9 Å². The summed E-state index contributed by atoms with van der Waals surface area (Å²) in [5.74, 6) is -0.227. The van der Waals surface area contributed by atoms with E-state index in [0.29, 0.717) is 30.7 Å². The zero-order valence-corrected chi connectivity index (χ0v) is 20.3. The molecule has 35 heavy (non-hydrogen) atoms. The van der Waals surface area contributed by atoms with Crippen molar-refractivity contribution in [1.29, 1.82) is 0 Å². The number of aromatic nitrogens is 3. The van der Waals surface area contributed by atoms with E-state index in [2.05, 4.69) is 20.1 Å². The summed E-state index contributed by atoms with van der Waals surface area (Å²) in [5, 5.41) is 4.35. The highest BCUT2D eigenvalue weighted by molar-refractivity contribution is 7.85. The van der Waals surface area contributed by atoms with Gasteiger partial charge in [-0.2, -0.15) is 8.42 Å². The van der Waals surface area contributed by atoms with Crippen molar-refractivity contribution >= 4 is 21.8 Å². The summed E-state index contributed by atoms with van der Waals surface area (Å²) in [6.07, 6.45) is 5.81. The molecule has 0 aliphatic heterocycles. The summed E-state index contributed by atoms with van der Waals surface area (Å²) in [7, 11) is -3.50. The van der Waals surface area contributed by atoms with Gasteiger partial charge in [0.15, 0.2) is 0 Å². The molecule has 2 aromatic heterocycles. The Morgan fingerprint density at radius 2 is 2.03 bits per heavy atom. The first-order valence-electron chi connectivity index (χ1n) is 11.1. The molecule has 0 radical (unpaired) electrons. The minimum atomic E-state index is -3.50. The maximum absolute atomic E-state index is 14.2. The SMILES string of the molecule is Cc1nc(N)nc2c1/C(=N/OCCCOS(C)(=O)=O)C[C@@H](c1ccc(F)cc1-c1cccnc1)C2. The summed E-state index contributed by atoms with van der Waals surface area (Å²) >= 11 is 0. The fourth-order valence-electron chi connectivity index (χ4n) is 4.24. The van der Waals surface area contributed by atoms with Crippen LogP contribution in [0.1, 0.15) is 41.3 Å². The van der Waals surface area contributed by atoms with Gasteiger partial charge >= 0.3 is 0 Å². The van der Waals surface area contributed by atoms with Gasteiger partial charge < -0.3 is 10.6 Å². The smallest absolute Gasteiger partial charge is 0.264 e. The highest BCUT2D eigenvalue weighted by Crippen LogP contribution is 2.38. The Hall–Kier alpha value is -3.44. The van der Waals surface area contributed by atoms with Crippen molar-refractivity contribution in [2.24, 2.45) is 5.16 Å². The van der Waals surface area contributed by atoms with Gasteiger partial charge in [0.05, 0.1) is 30.0 Å². The van der Waals surface area contributed by atoms with Gasteiger partial charge in [-0.1, -0.05) is 17.3 Å². The Balaban J connectivity index is 1.64. The number of hydrogen-bond acceptors (Lipinski definition) is 9. The molecule has 2 heterocycles. The van der Waals surface area contributed by atoms with Crippen molar-refractivity contribution in [1.82, 2.24) is 15.0 Å². The van der Waals surface area contributed by atoms with E-state index >= 15 is 0 Å². The number of halogens is 1. The molecule has 2 N–H and O–H groups in total. The molecule has 1 aliphatic rings. The van der Waals surface area contributed by atoms with Gasteiger partial charge in [0.25, 0.3) is 10.1 Å². The standard InChI is InChI=1S/C24H26FN5O4S/c1-15-23-21(29-24(26)28-15)11-17(12-22(23)30-33-9-4-10-34-35(2,31)32)19-7-6-18(25)13-20(19)16-5-3-8-27-14-16/h3,5-8,13-14,17H,4,9-12H2,1-2H3,(H2,26,28,29)/b30-22+/t17-/m0/s1. The number of rotatable bonds is 8. The highest BCUT2D eigenvalue weighted by atomic mass is 32.2. The van der Waals surface area contributed by atoms with Crippen LogP contribution < -0.4 is 5.73 Å². The number of pyridine rings is 1. The van der Waals surface area contributed by atoms with Gasteiger partial charge in [0.1, 0.15) is 12.4 Å². The van der Waals surface area contributed by atoms with E-state index in [0.717, 1.165) is 34.2 Å². The Kier molecular flexibility index (Phi) is 7.37. The quantitative estimate of drug-likeness (QED) is 0.284. The number of nitrogens with zero attached hydrogens (tertiary/aromatic N) is 4. The number of aryl methyl sites for hydroxylation is 1. The fourth-order valence-corrected chi connectivity index (χ4v) is 4.66. The van der Waals surface area contributed by atoms with Crippen molar-refractivity contribution in [3.8, 4) is 11.1 Å². The van der Waals surface area contributed by atoms with E-state index in [1.54, 1.807) is 18.5 Å². The van der Waals surface area contributed by atoms with E-state index in [1.165, 1.54) is 12.1 Å². The zero-order chi connectivity index (χ0) is 25.0. The van der Waals surface area contributed by atoms with Crippen LogP contribution in [0.2, 0.25) is 0 Å². The molecule has 1 aromatic carbocycles. The van der Waals surface area contributed by atoms with Crippen molar-refractivity contribution in [3.63, 3.8) is 0 Å². The second kappa shape index (κ2) is 10.4. The molecular weight excluding hydrogens is 473 g/mol. The van der Waals surface area contributed by atoms with Crippen LogP contribution in [0.15, 0.2) is 47.9 Å². The normalized spacial score (nSPS) is 16.8. The fraction of sp³-hybridized carbons (Fsp3) is 0.333. The summed E-state index contributed by atoms with van der Waals surface area (Å²) in [6, 6.07) is 8.44. The van der Waals surface area contributed by atoms with Crippen LogP contribution >= 0.6 is 0 Å². The monoisotopic (exact) mass is 499 g/mol. The van der Waals surface area contributed by atoms with Crippen molar-refractivity contribution < 1.29 is 21.8 Å². The Morgan fingerprint density at radius 3 is 2.77 bits per heavy atom. The molecule has 0 amide bonds. The highest BCUT2D eigenvalue weighted by Gasteiger charge is 2.30. The summed E-state index contributed by atoms with van der Waals surface area (Å²) in [6.45, 7) is 2.02. The summed E-state index contributed by atoms with van der Waals surface area (Å²) in [5.41, 5.74) is 11.3. The number of fused-ring (bicyclic) bond motifs is 1. The van der Waals surface area contributed by atoms with E-state index in [4.69, 9.17) is 14.8 Å². The lowest BCUT2D eigenvalue weighted by atomic mass is 9.78. The average Bonchev–Trinajstić information content (AvgIpc) is 2.80. The van der Waals surface area contributed by atoms with Crippen LogP contribution in [0, 0.1) is 12.7 Å². The zero-order valence-electron chi connectivity index (χ0n) is 19.4. The Labute approximate surface area is 203 Å². The minimum absolute atomic E-state index is 0.00558.